The number of fused-ring (bicyclic) bond motifs is 1. The molecule has 0 bridgehead atoms. The number of aromatic nitrogens is 2. The summed E-state index contributed by atoms with van der Waals surface area (Å²) in [6.45, 7) is 2.08. The fourth-order valence-electron chi connectivity index (χ4n) is 3.28. The lowest BCUT2D eigenvalue weighted by atomic mass is 9.96. The van der Waals surface area contributed by atoms with Gasteiger partial charge < -0.3 is 14.1 Å². The molecule has 2 heterocycles. The average Bonchev–Trinajstić information content (AvgIpc) is 3.21. The summed E-state index contributed by atoms with van der Waals surface area (Å²) in [6, 6.07) is 15.5. The van der Waals surface area contributed by atoms with E-state index < -0.39 is 0 Å². The van der Waals surface area contributed by atoms with E-state index in [1.165, 1.54) is 12.0 Å². The largest absolute Gasteiger partial charge is 0.484 e. The van der Waals surface area contributed by atoms with Crippen LogP contribution in [0.15, 0.2) is 59.3 Å². The van der Waals surface area contributed by atoms with Crippen LogP contribution in [-0.2, 0) is 11.2 Å². The van der Waals surface area contributed by atoms with E-state index in [9.17, 15) is 4.79 Å². The monoisotopic (exact) mass is 349 g/mol. The van der Waals surface area contributed by atoms with E-state index in [2.05, 4.69) is 23.2 Å². The quantitative estimate of drug-likeness (QED) is 0.721. The molecule has 0 N–H and O–H groups in total. The third-order valence-electron chi connectivity index (χ3n) is 4.62. The minimum atomic E-state index is -0.0365. The van der Waals surface area contributed by atoms with Crippen molar-refractivity contribution in [2.75, 3.05) is 11.5 Å². The number of amides is 1. The van der Waals surface area contributed by atoms with Crippen LogP contribution in [0.4, 0.5) is 5.69 Å². The van der Waals surface area contributed by atoms with Crippen molar-refractivity contribution in [3.05, 3.63) is 60.5 Å². The van der Waals surface area contributed by atoms with E-state index in [0.717, 1.165) is 24.1 Å². The van der Waals surface area contributed by atoms with Crippen molar-refractivity contribution >= 4 is 11.6 Å². The molecule has 0 saturated carbocycles. The molecule has 0 radical (unpaired) electrons. The molecule has 6 nitrogen and oxygen atoms in total. The molecule has 1 aromatic heterocycles. The van der Waals surface area contributed by atoms with Gasteiger partial charge in [0.15, 0.2) is 6.61 Å². The second kappa shape index (κ2) is 7.00. The van der Waals surface area contributed by atoms with Gasteiger partial charge in [-0.1, -0.05) is 18.2 Å². The van der Waals surface area contributed by atoms with Crippen LogP contribution in [0.1, 0.15) is 18.9 Å². The van der Waals surface area contributed by atoms with E-state index in [1.807, 2.05) is 35.2 Å². The zero-order valence-electron chi connectivity index (χ0n) is 14.5. The Morgan fingerprint density at radius 3 is 2.81 bits per heavy atom. The zero-order chi connectivity index (χ0) is 17.9. The smallest absolute Gasteiger partial charge is 0.265 e. The third-order valence-corrected chi connectivity index (χ3v) is 4.62. The number of carbonyl (C=O) groups is 1. The Bertz CT molecular complexity index is 891. The number of hydrogen-bond donors (Lipinski definition) is 0. The first kappa shape index (κ1) is 16.3. The molecule has 132 valence electrons. The van der Waals surface area contributed by atoms with E-state index in [1.54, 1.807) is 12.1 Å². The molecule has 6 heteroatoms. The van der Waals surface area contributed by atoms with E-state index in [4.69, 9.17) is 9.15 Å². The predicted molar refractivity (Wildman–Crippen MR) is 96.9 cm³/mol. The van der Waals surface area contributed by atoms with Gasteiger partial charge >= 0.3 is 0 Å². The number of carbonyl (C=O) groups excluding carboxylic acids is 1. The number of benzene rings is 2. The van der Waals surface area contributed by atoms with Gasteiger partial charge in [-0.3, -0.25) is 4.79 Å². The Morgan fingerprint density at radius 2 is 2.04 bits per heavy atom. The number of ether oxygens (including phenoxy) is 1. The summed E-state index contributed by atoms with van der Waals surface area (Å²) in [5.74, 6) is 1.04. The summed E-state index contributed by atoms with van der Waals surface area (Å²) in [6.07, 6.45) is 3.25. The standard InChI is InChI=1S/C20H19N3O3/c1-14-6-7-15-4-2-3-5-18(15)23(14)19(24)12-25-17-10-8-16(9-11-17)20-22-21-13-26-20/h2-5,8-11,13-14H,6-7,12H2,1H3. The Kier molecular flexibility index (Phi) is 4.39. The molecule has 0 spiro atoms. The summed E-state index contributed by atoms with van der Waals surface area (Å²) in [5.41, 5.74) is 3.01. The van der Waals surface area contributed by atoms with Crippen LogP contribution in [0.3, 0.4) is 0 Å². The van der Waals surface area contributed by atoms with E-state index >= 15 is 0 Å². The second-order valence-electron chi connectivity index (χ2n) is 6.34. The summed E-state index contributed by atoms with van der Waals surface area (Å²) in [4.78, 5) is 14.6. The minimum absolute atomic E-state index is 0.00141. The van der Waals surface area contributed by atoms with Gasteiger partial charge in [0.1, 0.15) is 5.75 Å². The van der Waals surface area contributed by atoms with Crippen LogP contribution < -0.4 is 9.64 Å². The minimum Gasteiger partial charge on any atom is -0.484 e. The van der Waals surface area contributed by atoms with Crippen LogP contribution in [0.25, 0.3) is 11.5 Å². The van der Waals surface area contributed by atoms with Gasteiger partial charge in [0, 0.05) is 17.3 Å². The molecule has 2 aromatic carbocycles. The Labute approximate surface area is 151 Å². The second-order valence-corrected chi connectivity index (χ2v) is 6.34. The molecular weight excluding hydrogens is 330 g/mol. The zero-order valence-corrected chi connectivity index (χ0v) is 14.5. The lowest BCUT2D eigenvalue weighted by molar-refractivity contribution is -0.121. The fraction of sp³-hybridized carbons (Fsp3) is 0.250. The number of para-hydroxylation sites is 1. The summed E-state index contributed by atoms with van der Waals surface area (Å²) in [7, 11) is 0. The molecule has 1 aliphatic rings. The fourth-order valence-corrected chi connectivity index (χ4v) is 3.28. The Hall–Kier alpha value is -3.15. The number of nitrogens with zero attached hydrogens (tertiary/aromatic N) is 3. The first-order valence-corrected chi connectivity index (χ1v) is 8.62. The number of aryl methyl sites for hydroxylation is 1. The molecule has 0 aliphatic carbocycles. The molecule has 1 aliphatic heterocycles. The molecule has 1 atom stereocenters. The van der Waals surface area contributed by atoms with E-state index in [-0.39, 0.29) is 18.6 Å². The third kappa shape index (κ3) is 3.18. The summed E-state index contributed by atoms with van der Waals surface area (Å²) < 4.78 is 10.9. The van der Waals surface area contributed by atoms with Crippen LogP contribution >= 0.6 is 0 Å². The van der Waals surface area contributed by atoms with Crippen molar-refractivity contribution in [3.63, 3.8) is 0 Å². The van der Waals surface area contributed by atoms with Crippen LogP contribution in [0.2, 0.25) is 0 Å². The highest BCUT2D eigenvalue weighted by Crippen LogP contribution is 2.30. The van der Waals surface area contributed by atoms with Crippen molar-refractivity contribution in [3.8, 4) is 17.2 Å². The van der Waals surface area contributed by atoms with Crippen molar-refractivity contribution in [2.24, 2.45) is 0 Å². The van der Waals surface area contributed by atoms with Crippen molar-refractivity contribution < 1.29 is 13.9 Å². The molecule has 26 heavy (non-hydrogen) atoms. The van der Waals surface area contributed by atoms with Crippen molar-refractivity contribution in [1.82, 2.24) is 10.2 Å². The maximum Gasteiger partial charge on any atom is 0.265 e. The first-order valence-electron chi connectivity index (χ1n) is 8.62. The maximum atomic E-state index is 12.8. The molecule has 0 fully saturated rings. The topological polar surface area (TPSA) is 68.5 Å². The molecular formula is C20H19N3O3. The first-order chi connectivity index (χ1) is 12.7. The highest BCUT2D eigenvalue weighted by Gasteiger charge is 2.28. The highest BCUT2D eigenvalue weighted by atomic mass is 16.5. The van der Waals surface area contributed by atoms with Crippen LogP contribution in [0.5, 0.6) is 5.75 Å². The van der Waals surface area contributed by atoms with Gasteiger partial charge in [0.05, 0.1) is 0 Å². The Balaban J connectivity index is 1.44. The number of hydrogen-bond acceptors (Lipinski definition) is 5. The van der Waals surface area contributed by atoms with Crippen LogP contribution in [0, 0.1) is 0 Å². The summed E-state index contributed by atoms with van der Waals surface area (Å²) in [5, 5.41) is 7.52. The normalized spacial score (nSPS) is 16.2. The summed E-state index contributed by atoms with van der Waals surface area (Å²) >= 11 is 0. The Morgan fingerprint density at radius 1 is 1.23 bits per heavy atom. The van der Waals surface area contributed by atoms with Gasteiger partial charge in [-0.2, -0.15) is 0 Å². The van der Waals surface area contributed by atoms with Crippen LogP contribution in [-0.4, -0.2) is 28.8 Å². The highest BCUT2D eigenvalue weighted by molar-refractivity contribution is 5.96. The number of anilines is 1. The number of rotatable bonds is 4. The molecule has 1 unspecified atom stereocenters. The molecule has 1 amide bonds. The SMILES string of the molecule is CC1CCc2ccccc2N1C(=O)COc1ccc(-c2nnco2)cc1. The van der Waals surface area contributed by atoms with Gasteiger partial charge in [-0.15, -0.1) is 10.2 Å². The van der Waals surface area contributed by atoms with Crippen molar-refractivity contribution in [2.45, 2.75) is 25.8 Å². The lowest BCUT2D eigenvalue weighted by Crippen LogP contribution is -2.44. The molecule has 3 aromatic rings. The van der Waals surface area contributed by atoms with Crippen molar-refractivity contribution in [1.29, 1.82) is 0 Å². The van der Waals surface area contributed by atoms with Gasteiger partial charge in [-0.05, 0) is 55.7 Å². The van der Waals surface area contributed by atoms with Gasteiger partial charge in [-0.25, -0.2) is 0 Å². The molecule has 0 saturated heterocycles. The van der Waals surface area contributed by atoms with Gasteiger partial charge in [0.25, 0.3) is 5.91 Å². The van der Waals surface area contributed by atoms with E-state index in [0.29, 0.717) is 11.6 Å². The lowest BCUT2D eigenvalue weighted by Gasteiger charge is -2.35. The molecule has 4 rings (SSSR count). The predicted octanol–water partition coefficient (Wildman–Crippen LogP) is 3.48. The average molecular weight is 349 g/mol. The maximum absolute atomic E-state index is 12.8. The van der Waals surface area contributed by atoms with Gasteiger partial charge in [0.2, 0.25) is 12.3 Å².